The summed E-state index contributed by atoms with van der Waals surface area (Å²) in [5.74, 6) is 2.49. The lowest BCUT2D eigenvalue weighted by Gasteiger charge is -2.10. The van der Waals surface area contributed by atoms with Crippen LogP contribution in [0.4, 0.5) is 0 Å². The lowest BCUT2D eigenvalue weighted by molar-refractivity contribution is 0.669. The van der Waals surface area contributed by atoms with E-state index in [1.54, 1.807) is 11.3 Å². The number of thiophene rings is 1. The average Bonchev–Trinajstić information content (AvgIpc) is 3.85. The Morgan fingerprint density at radius 2 is 0.893 bits per heavy atom. The second-order valence-electron chi connectivity index (χ2n) is 13.7. The van der Waals surface area contributed by atoms with Gasteiger partial charge in [-0.2, -0.15) is 0 Å². The molecule has 11 aromatic rings. The molecule has 4 heterocycles. The smallest absolute Gasteiger partial charge is 0.165 e. The molecule has 0 saturated heterocycles. The molecule has 0 fully saturated rings. The number of rotatable bonds is 6. The summed E-state index contributed by atoms with van der Waals surface area (Å²) in [6.45, 7) is 0. The van der Waals surface area contributed by atoms with Gasteiger partial charge in [0.1, 0.15) is 11.2 Å². The first-order chi connectivity index (χ1) is 27.7. The Morgan fingerprint density at radius 3 is 1.62 bits per heavy atom. The number of para-hydroxylation sites is 1. The van der Waals surface area contributed by atoms with E-state index in [0.29, 0.717) is 23.3 Å². The van der Waals surface area contributed by atoms with Crippen LogP contribution in [0.1, 0.15) is 0 Å². The summed E-state index contributed by atoms with van der Waals surface area (Å²) in [6.07, 6.45) is 0. The third kappa shape index (κ3) is 5.61. The fourth-order valence-corrected chi connectivity index (χ4v) is 8.60. The molecule has 7 aromatic carbocycles. The summed E-state index contributed by atoms with van der Waals surface area (Å²) >= 11 is 1.74. The van der Waals surface area contributed by atoms with Crippen molar-refractivity contribution in [2.75, 3.05) is 0 Å². The zero-order valence-corrected chi connectivity index (χ0v) is 30.6. The van der Waals surface area contributed by atoms with Gasteiger partial charge in [0.05, 0.1) is 11.4 Å². The second kappa shape index (κ2) is 13.2. The molecule has 0 radical (unpaired) electrons. The molecule has 0 amide bonds. The fourth-order valence-electron chi connectivity index (χ4n) is 7.41. The third-order valence-corrected chi connectivity index (χ3v) is 11.4. The molecule has 0 aliphatic rings. The van der Waals surface area contributed by atoms with Gasteiger partial charge in [0.15, 0.2) is 23.3 Å². The zero-order chi connectivity index (χ0) is 37.0. The topological polar surface area (TPSA) is 77.6 Å². The van der Waals surface area contributed by atoms with Crippen molar-refractivity contribution in [2.45, 2.75) is 0 Å². The van der Waals surface area contributed by atoms with E-state index in [1.165, 1.54) is 0 Å². The Balaban J connectivity index is 1.06. The summed E-state index contributed by atoms with van der Waals surface area (Å²) in [6, 6.07) is 59.9. The van der Waals surface area contributed by atoms with Crippen LogP contribution in [0.2, 0.25) is 0 Å². The van der Waals surface area contributed by atoms with Crippen LogP contribution in [-0.2, 0) is 0 Å². The van der Waals surface area contributed by atoms with Gasteiger partial charge in [0.25, 0.3) is 0 Å². The van der Waals surface area contributed by atoms with E-state index in [4.69, 9.17) is 29.3 Å². The molecule has 0 bridgehead atoms. The van der Waals surface area contributed by atoms with Crippen molar-refractivity contribution in [1.82, 2.24) is 24.9 Å². The molecule has 56 heavy (non-hydrogen) atoms. The number of hydrogen-bond donors (Lipinski definition) is 0. The fraction of sp³-hybridized carbons (Fsp3) is 0. The number of fused-ring (bicyclic) bond motifs is 6. The SMILES string of the molecule is c1ccc(-c2cc(-c3ccccc3)nc(-c3ccc4sc5c(-c6nc(-c7ccccc7)nc(-c7ccc8c(c7)oc7ccccc78)n6)cccc5c4c3)n2)cc1. The number of aromatic nitrogens is 5. The van der Waals surface area contributed by atoms with Crippen LogP contribution in [0.15, 0.2) is 180 Å². The summed E-state index contributed by atoms with van der Waals surface area (Å²) < 4.78 is 8.52. The van der Waals surface area contributed by atoms with Gasteiger partial charge >= 0.3 is 0 Å². The number of nitrogens with zero attached hydrogens (tertiary/aromatic N) is 5. The lowest BCUT2D eigenvalue weighted by atomic mass is 10.0. The quantitative estimate of drug-likeness (QED) is 0.169. The molecule has 0 aliphatic carbocycles. The van der Waals surface area contributed by atoms with Crippen molar-refractivity contribution in [2.24, 2.45) is 0 Å². The predicted molar refractivity (Wildman–Crippen MR) is 228 cm³/mol. The maximum absolute atomic E-state index is 6.26. The van der Waals surface area contributed by atoms with Gasteiger partial charge in [0, 0.05) is 64.3 Å². The molecule has 0 N–H and O–H groups in total. The highest BCUT2D eigenvalue weighted by Crippen LogP contribution is 2.41. The van der Waals surface area contributed by atoms with Gasteiger partial charge in [-0.3, -0.25) is 0 Å². The molecular formula is C49H29N5OS. The van der Waals surface area contributed by atoms with Crippen LogP contribution in [0, 0.1) is 0 Å². The molecule has 262 valence electrons. The van der Waals surface area contributed by atoms with Gasteiger partial charge < -0.3 is 4.42 Å². The highest BCUT2D eigenvalue weighted by atomic mass is 32.1. The van der Waals surface area contributed by atoms with Crippen molar-refractivity contribution < 1.29 is 4.42 Å². The Hall–Kier alpha value is -7.35. The van der Waals surface area contributed by atoms with Crippen LogP contribution in [0.25, 0.3) is 110 Å². The van der Waals surface area contributed by atoms with E-state index in [0.717, 1.165) is 86.9 Å². The summed E-state index contributed by atoms with van der Waals surface area (Å²) in [4.78, 5) is 25.5. The normalized spacial score (nSPS) is 11.6. The van der Waals surface area contributed by atoms with Crippen LogP contribution >= 0.6 is 11.3 Å². The minimum Gasteiger partial charge on any atom is -0.456 e. The Kier molecular flexibility index (Phi) is 7.57. The zero-order valence-electron chi connectivity index (χ0n) is 29.8. The van der Waals surface area contributed by atoms with Crippen LogP contribution in [0.5, 0.6) is 0 Å². The molecule has 6 nitrogen and oxygen atoms in total. The minimum atomic E-state index is 0.585. The van der Waals surface area contributed by atoms with Gasteiger partial charge in [0.2, 0.25) is 0 Å². The van der Waals surface area contributed by atoms with Gasteiger partial charge in [-0.15, -0.1) is 11.3 Å². The van der Waals surface area contributed by atoms with Crippen molar-refractivity contribution in [3.63, 3.8) is 0 Å². The molecule has 0 aliphatic heterocycles. The molecule has 7 heteroatoms. The summed E-state index contributed by atoms with van der Waals surface area (Å²) in [5.41, 5.74) is 9.18. The first-order valence-corrected chi connectivity index (χ1v) is 19.2. The van der Waals surface area contributed by atoms with E-state index in [1.807, 2.05) is 91.0 Å². The Labute approximate surface area is 325 Å². The van der Waals surface area contributed by atoms with E-state index in [9.17, 15) is 0 Å². The molecule has 11 rings (SSSR count). The maximum atomic E-state index is 6.26. The predicted octanol–water partition coefficient (Wildman–Crippen LogP) is 12.9. The van der Waals surface area contributed by atoms with Crippen LogP contribution in [-0.4, -0.2) is 24.9 Å². The molecular weight excluding hydrogens is 707 g/mol. The largest absolute Gasteiger partial charge is 0.456 e. The minimum absolute atomic E-state index is 0.585. The van der Waals surface area contributed by atoms with E-state index < -0.39 is 0 Å². The van der Waals surface area contributed by atoms with Crippen molar-refractivity contribution in [1.29, 1.82) is 0 Å². The molecule has 0 unspecified atom stereocenters. The Morgan fingerprint density at radius 1 is 0.339 bits per heavy atom. The van der Waals surface area contributed by atoms with Crippen LogP contribution in [0.3, 0.4) is 0 Å². The van der Waals surface area contributed by atoms with E-state index in [-0.39, 0.29) is 0 Å². The summed E-state index contributed by atoms with van der Waals surface area (Å²) in [7, 11) is 0. The average molecular weight is 736 g/mol. The molecule has 4 aromatic heterocycles. The highest BCUT2D eigenvalue weighted by molar-refractivity contribution is 7.26. The molecule has 0 saturated carbocycles. The van der Waals surface area contributed by atoms with Crippen molar-refractivity contribution in [3.8, 4) is 68.1 Å². The number of hydrogen-bond acceptors (Lipinski definition) is 7. The first-order valence-electron chi connectivity index (χ1n) is 18.4. The molecule has 0 atom stereocenters. The number of furan rings is 1. The monoisotopic (exact) mass is 735 g/mol. The van der Waals surface area contributed by atoms with Crippen LogP contribution < -0.4 is 0 Å². The lowest BCUT2D eigenvalue weighted by Crippen LogP contribution is -2.00. The molecule has 0 spiro atoms. The van der Waals surface area contributed by atoms with E-state index >= 15 is 0 Å². The summed E-state index contributed by atoms with van der Waals surface area (Å²) in [5, 5.41) is 4.40. The van der Waals surface area contributed by atoms with Gasteiger partial charge in [-0.25, -0.2) is 24.9 Å². The maximum Gasteiger partial charge on any atom is 0.165 e. The van der Waals surface area contributed by atoms with Crippen molar-refractivity contribution in [3.05, 3.63) is 176 Å². The number of benzene rings is 7. The standard InChI is InChI=1S/C49H29N5OS/c1-4-13-30(14-5-1)40-29-41(31-15-6-2-7-16-31)51-47(50-40)33-24-26-44-39(27-33)37-20-12-21-38(45(37)56-44)49-53-46(32-17-8-3-9-18-32)52-48(54-49)34-23-25-36-35-19-10-11-22-42(35)55-43(36)28-34/h1-29H. The second-order valence-corrected chi connectivity index (χ2v) is 14.7. The Bertz CT molecular complexity index is 3190. The first kappa shape index (κ1) is 32.1. The van der Waals surface area contributed by atoms with Gasteiger partial charge in [-0.05, 0) is 48.5 Å². The third-order valence-electron chi connectivity index (χ3n) is 10.2. The van der Waals surface area contributed by atoms with Crippen molar-refractivity contribution >= 4 is 53.4 Å². The van der Waals surface area contributed by atoms with E-state index in [2.05, 4.69) is 84.9 Å². The highest BCUT2D eigenvalue weighted by Gasteiger charge is 2.19. The van der Waals surface area contributed by atoms with Gasteiger partial charge in [-0.1, -0.05) is 127 Å².